The van der Waals surface area contributed by atoms with Crippen LogP contribution in [-0.4, -0.2) is 19.7 Å². The summed E-state index contributed by atoms with van der Waals surface area (Å²) in [5.41, 5.74) is 2.02. The maximum Gasteiger partial charge on any atom is 0.118 e. The Morgan fingerprint density at radius 1 is 1.25 bits per heavy atom. The molecule has 1 aliphatic carbocycles. The Morgan fingerprint density at radius 2 is 1.95 bits per heavy atom. The predicted octanol–water partition coefficient (Wildman–Crippen LogP) is 4.19. The second-order valence-electron chi connectivity index (χ2n) is 6.38. The third-order valence-corrected chi connectivity index (χ3v) is 5.01. The molecule has 0 saturated heterocycles. The number of hydrogen-bond donors (Lipinski definition) is 1. The van der Waals surface area contributed by atoms with Crippen LogP contribution < -0.4 is 10.1 Å². The fraction of sp³-hybridized carbons (Fsp3) is 0.667. The highest BCUT2D eigenvalue weighted by Gasteiger charge is 2.34. The molecule has 20 heavy (non-hydrogen) atoms. The van der Waals surface area contributed by atoms with Crippen LogP contribution in [0.5, 0.6) is 5.75 Å². The highest BCUT2D eigenvalue weighted by molar-refractivity contribution is 5.27. The van der Waals surface area contributed by atoms with E-state index < -0.39 is 0 Å². The van der Waals surface area contributed by atoms with E-state index in [1.165, 1.54) is 44.2 Å². The normalized spacial score (nSPS) is 18.4. The van der Waals surface area contributed by atoms with Crippen LogP contribution in [0, 0.1) is 5.41 Å². The van der Waals surface area contributed by atoms with Gasteiger partial charge in [0.15, 0.2) is 0 Å². The molecule has 1 atom stereocenters. The van der Waals surface area contributed by atoms with Crippen molar-refractivity contribution in [3.63, 3.8) is 0 Å². The maximum atomic E-state index is 5.19. The first-order valence-corrected chi connectivity index (χ1v) is 8.04. The van der Waals surface area contributed by atoms with E-state index in [4.69, 9.17) is 4.74 Å². The van der Waals surface area contributed by atoms with Gasteiger partial charge in [-0.25, -0.2) is 0 Å². The zero-order chi connectivity index (χ0) is 14.4. The summed E-state index contributed by atoms with van der Waals surface area (Å²) in [5.74, 6) is 0.940. The summed E-state index contributed by atoms with van der Waals surface area (Å²) in [7, 11) is 1.71. The number of nitrogens with one attached hydrogen (secondary N) is 1. The SMILES string of the molecule is CCC1(CNC(C)CCc2ccc(OC)cc2)CCC1. The van der Waals surface area contributed by atoms with Crippen molar-refractivity contribution in [1.29, 1.82) is 0 Å². The zero-order valence-electron chi connectivity index (χ0n) is 13.2. The van der Waals surface area contributed by atoms with E-state index in [1.807, 2.05) is 12.1 Å². The fourth-order valence-electron chi connectivity index (χ4n) is 3.00. The first-order valence-electron chi connectivity index (χ1n) is 8.04. The average Bonchev–Trinajstić information content (AvgIpc) is 2.45. The third-order valence-electron chi connectivity index (χ3n) is 5.01. The molecule has 1 aromatic rings. The molecule has 2 rings (SSSR count). The van der Waals surface area contributed by atoms with Gasteiger partial charge in [0.2, 0.25) is 0 Å². The zero-order valence-corrected chi connectivity index (χ0v) is 13.2. The van der Waals surface area contributed by atoms with E-state index in [0.29, 0.717) is 11.5 Å². The van der Waals surface area contributed by atoms with Gasteiger partial charge in [-0.3, -0.25) is 0 Å². The molecule has 0 bridgehead atoms. The van der Waals surface area contributed by atoms with Crippen molar-refractivity contribution in [2.45, 2.75) is 58.4 Å². The van der Waals surface area contributed by atoms with E-state index in [1.54, 1.807) is 7.11 Å². The average molecular weight is 275 g/mol. The van der Waals surface area contributed by atoms with Crippen LogP contribution in [0.1, 0.15) is 51.5 Å². The molecule has 1 N–H and O–H groups in total. The third kappa shape index (κ3) is 3.99. The molecule has 1 aliphatic rings. The molecular formula is C18H29NO. The lowest BCUT2D eigenvalue weighted by atomic mass is 9.67. The van der Waals surface area contributed by atoms with Crippen molar-refractivity contribution in [2.24, 2.45) is 5.41 Å². The molecular weight excluding hydrogens is 246 g/mol. The van der Waals surface area contributed by atoms with E-state index in [0.717, 1.165) is 12.2 Å². The lowest BCUT2D eigenvalue weighted by Gasteiger charge is -2.42. The Balaban J connectivity index is 1.70. The molecule has 1 saturated carbocycles. The van der Waals surface area contributed by atoms with Gasteiger partial charge in [0.05, 0.1) is 7.11 Å². The quantitative estimate of drug-likeness (QED) is 0.768. The van der Waals surface area contributed by atoms with Gasteiger partial charge in [0.25, 0.3) is 0 Å². The summed E-state index contributed by atoms with van der Waals surface area (Å²) in [4.78, 5) is 0. The molecule has 0 aliphatic heterocycles. The highest BCUT2D eigenvalue weighted by atomic mass is 16.5. The number of hydrogen-bond acceptors (Lipinski definition) is 2. The minimum atomic E-state index is 0.598. The molecule has 1 unspecified atom stereocenters. The lowest BCUT2D eigenvalue weighted by Crippen LogP contribution is -2.42. The minimum absolute atomic E-state index is 0.598. The molecule has 0 spiro atoms. The standard InChI is InChI=1S/C18H29NO/c1-4-18(12-5-13-18)14-19-15(2)6-7-16-8-10-17(20-3)11-9-16/h8-11,15,19H,4-7,12-14H2,1-3H3. The summed E-state index contributed by atoms with van der Waals surface area (Å²) in [5, 5.41) is 3.74. The van der Waals surface area contributed by atoms with Crippen LogP contribution in [0.2, 0.25) is 0 Å². The van der Waals surface area contributed by atoms with E-state index in [9.17, 15) is 0 Å². The Morgan fingerprint density at radius 3 is 2.45 bits per heavy atom. The first-order chi connectivity index (χ1) is 9.67. The van der Waals surface area contributed by atoms with Crippen LogP contribution in [0.15, 0.2) is 24.3 Å². The number of methoxy groups -OCH3 is 1. The molecule has 1 fully saturated rings. The Bertz CT molecular complexity index is 389. The largest absolute Gasteiger partial charge is 0.497 e. The van der Waals surface area contributed by atoms with Gasteiger partial charge in [0, 0.05) is 12.6 Å². The fourth-order valence-corrected chi connectivity index (χ4v) is 3.00. The van der Waals surface area contributed by atoms with Crippen molar-refractivity contribution in [2.75, 3.05) is 13.7 Å². The van der Waals surface area contributed by atoms with Gasteiger partial charge >= 0.3 is 0 Å². The van der Waals surface area contributed by atoms with E-state index in [-0.39, 0.29) is 0 Å². The predicted molar refractivity (Wildman–Crippen MR) is 85.4 cm³/mol. The van der Waals surface area contributed by atoms with Crippen LogP contribution in [0.3, 0.4) is 0 Å². The molecule has 0 radical (unpaired) electrons. The lowest BCUT2D eigenvalue weighted by molar-refractivity contribution is 0.119. The summed E-state index contributed by atoms with van der Waals surface area (Å²) >= 11 is 0. The van der Waals surface area contributed by atoms with Crippen LogP contribution in [0.4, 0.5) is 0 Å². The maximum absolute atomic E-state index is 5.19. The summed E-state index contributed by atoms with van der Waals surface area (Å²) in [6.45, 7) is 5.85. The number of aryl methyl sites for hydroxylation is 1. The Labute approximate surface area is 123 Å². The monoisotopic (exact) mass is 275 g/mol. The van der Waals surface area contributed by atoms with Gasteiger partial charge in [-0.15, -0.1) is 0 Å². The van der Waals surface area contributed by atoms with Gasteiger partial charge < -0.3 is 10.1 Å². The van der Waals surface area contributed by atoms with Crippen molar-refractivity contribution < 1.29 is 4.74 Å². The number of rotatable bonds is 8. The molecule has 2 nitrogen and oxygen atoms in total. The molecule has 0 amide bonds. The minimum Gasteiger partial charge on any atom is -0.497 e. The Kier molecular flexibility index (Phi) is 5.47. The molecule has 0 aromatic heterocycles. The number of ether oxygens (including phenoxy) is 1. The topological polar surface area (TPSA) is 21.3 Å². The summed E-state index contributed by atoms with van der Waals surface area (Å²) in [6.07, 6.45) is 7.92. The Hall–Kier alpha value is -1.02. The van der Waals surface area contributed by atoms with Crippen molar-refractivity contribution in [3.8, 4) is 5.75 Å². The number of benzene rings is 1. The molecule has 1 aromatic carbocycles. The van der Waals surface area contributed by atoms with Crippen molar-refractivity contribution in [1.82, 2.24) is 5.32 Å². The second-order valence-corrected chi connectivity index (χ2v) is 6.38. The molecule has 0 heterocycles. The van der Waals surface area contributed by atoms with Crippen LogP contribution in [-0.2, 0) is 6.42 Å². The van der Waals surface area contributed by atoms with Gasteiger partial charge in [0.1, 0.15) is 5.75 Å². The van der Waals surface area contributed by atoms with E-state index in [2.05, 4.69) is 31.3 Å². The second kappa shape index (κ2) is 7.12. The van der Waals surface area contributed by atoms with E-state index >= 15 is 0 Å². The summed E-state index contributed by atoms with van der Waals surface area (Å²) in [6, 6.07) is 9.04. The van der Waals surface area contributed by atoms with Crippen molar-refractivity contribution >= 4 is 0 Å². The van der Waals surface area contributed by atoms with Crippen LogP contribution >= 0.6 is 0 Å². The highest BCUT2D eigenvalue weighted by Crippen LogP contribution is 2.43. The smallest absolute Gasteiger partial charge is 0.118 e. The first kappa shape index (κ1) is 15.4. The van der Waals surface area contributed by atoms with Gasteiger partial charge in [-0.1, -0.05) is 25.5 Å². The summed E-state index contributed by atoms with van der Waals surface area (Å²) < 4.78 is 5.19. The molecule has 2 heteroatoms. The molecule has 112 valence electrons. The van der Waals surface area contributed by atoms with Crippen molar-refractivity contribution in [3.05, 3.63) is 29.8 Å². The van der Waals surface area contributed by atoms with Crippen LogP contribution in [0.25, 0.3) is 0 Å². The van der Waals surface area contributed by atoms with Gasteiger partial charge in [-0.05, 0) is 62.1 Å². The van der Waals surface area contributed by atoms with Gasteiger partial charge in [-0.2, -0.15) is 0 Å².